The number of rotatable bonds is 9. The average Bonchev–Trinajstić information content (AvgIpc) is 3.29. The van der Waals surface area contributed by atoms with Crippen LogP contribution >= 0.6 is 0 Å². The Labute approximate surface area is 167 Å². The van der Waals surface area contributed by atoms with Gasteiger partial charge >= 0.3 is 0 Å². The van der Waals surface area contributed by atoms with E-state index in [0.29, 0.717) is 0 Å². The third-order valence-corrected chi connectivity index (χ3v) is 5.04. The van der Waals surface area contributed by atoms with Gasteiger partial charge in [-0.25, -0.2) is 4.98 Å². The molecular formula is C22H32N6. The summed E-state index contributed by atoms with van der Waals surface area (Å²) < 4.78 is 2.19. The number of guanidine groups is 1. The number of nitrogens with one attached hydrogen (secondary N) is 3. The fraction of sp³-hybridized carbons (Fsp3) is 0.455. The lowest BCUT2D eigenvalue weighted by Crippen LogP contribution is -2.38. The van der Waals surface area contributed by atoms with E-state index >= 15 is 0 Å². The first-order valence-corrected chi connectivity index (χ1v) is 10.2. The van der Waals surface area contributed by atoms with Gasteiger partial charge in [0.25, 0.3) is 0 Å². The average molecular weight is 381 g/mol. The number of benzene rings is 1. The van der Waals surface area contributed by atoms with Crippen molar-refractivity contribution >= 4 is 16.9 Å². The molecule has 28 heavy (non-hydrogen) atoms. The van der Waals surface area contributed by atoms with E-state index in [1.807, 2.05) is 19.3 Å². The van der Waals surface area contributed by atoms with Crippen molar-refractivity contribution < 1.29 is 0 Å². The van der Waals surface area contributed by atoms with Gasteiger partial charge in [0.05, 0.1) is 0 Å². The molecule has 3 N–H and O–H groups in total. The van der Waals surface area contributed by atoms with Gasteiger partial charge in [0.1, 0.15) is 5.82 Å². The summed E-state index contributed by atoms with van der Waals surface area (Å²) in [6.45, 7) is 9.85. The standard InChI is InChI=1S/C22H32N6/c1-4-23-22(25-11-5-6-14-28-15-13-24-18(28)3)26-12-10-19-16-27-21-17(2)8-7-9-20(19)21/h7-9,13,15-16,27H,4-6,10-12,14H2,1-3H3,(H2,23,25,26). The maximum atomic E-state index is 4.71. The Balaban J connectivity index is 1.45. The molecule has 2 aromatic heterocycles. The molecular weight excluding hydrogens is 348 g/mol. The monoisotopic (exact) mass is 380 g/mol. The first-order chi connectivity index (χ1) is 13.7. The van der Waals surface area contributed by atoms with Gasteiger partial charge in [-0.1, -0.05) is 18.2 Å². The van der Waals surface area contributed by atoms with Crippen LogP contribution in [0.4, 0.5) is 0 Å². The zero-order valence-corrected chi connectivity index (χ0v) is 17.3. The number of unbranched alkanes of at least 4 members (excludes halogenated alkanes) is 1. The van der Waals surface area contributed by atoms with Gasteiger partial charge in [-0.2, -0.15) is 0 Å². The minimum Gasteiger partial charge on any atom is -0.361 e. The van der Waals surface area contributed by atoms with Crippen LogP contribution in [0.3, 0.4) is 0 Å². The molecule has 1 aromatic carbocycles. The maximum absolute atomic E-state index is 4.71. The Hall–Kier alpha value is -2.76. The van der Waals surface area contributed by atoms with E-state index in [0.717, 1.165) is 57.2 Å². The normalized spacial score (nSPS) is 11.9. The van der Waals surface area contributed by atoms with E-state index in [1.54, 1.807) is 0 Å². The molecule has 3 aromatic rings. The number of para-hydroxylation sites is 1. The third kappa shape index (κ3) is 5.15. The molecule has 0 aliphatic rings. The van der Waals surface area contributed by atoms with Crippen molar-refractivity contribution in [1.29, 1.82) is 0 Å². The molecule has 0 unspecified atom stereocenters. The smallest absolute Gasteiger partial charge is 0.191 e. The lowest BCUT2D eigenvalue weighted by molar-refractivity contribution is 0.600. The summed E-state index contributed by atoms with van der Waals surface area (Å²) in [5.41, 5.74) is 3.88. The van der Waals surface area contributed by atoms with Crippen molar-refractivity contribution in [2.75, 3.05) is 19.6 Å². The minimum absolute atomic E-state index is 0.829. The van der Waals surface area contributed by atoms with Crippen LogP contribution < -0.4 is 10.6 Å². The maximum Gasteiger partial charge on any atom is 0.191 e. The summed E-state index contributed by atoms with van der Waals surface area (Å²) in [6.07, 6.45) is 9.16. The summed E-state index contributed by atoms with van der Waals surface area (Å²) >= 11 is 0. The van der Waals surface area contributed by atoms with Crippen LogP contribution in [0, 0.1) is 13.8 Å². The Morgan fingerprint density at radius 3 is 2.89 bits per heavy atom. The summed E-state index contributed by atoms with van der Waals surface area (Å²) in [6, 6.07) is 6.46. The molecule has 3 rings (SSSR count). The molecule has 0 amide bonds. The van der Waals surface area contributed by atoms with Crippen molar-refractivity contribution in [3.05, 3.63) is 53.7 Å². The molecule has 0 saturated carbocycles. The Morgan fingerprint density at radius 1 is 1.21 bits per heavy atom. The van der Waals surface area contributed by atoms with Crippen LogP contribution in [-0.4, -0.2) is 40.1 Å². The van der Waals surface area contributed by atoms with Crippen molar-refractivity contribution in [3.8, 4) is 0 Å². The minimum atomic E-state index is 0.829. The van der Waals surface area contributed by atoms with Crippen LogP contribution in [0.2, 0.25) is 0 Å². The van der Waals surface area contributed by atoms with Crippen LogP contribution in [0.25, 0.3) is 10.9 Å². The summed E-state index contributed by atoms with van der Waals surface area (Å²) in [5.74, 6) is 1.98. The first kappa shape index (κ1) is 20.0. The van der Waals surface area contributed by atoms with E-state index in [-0.39, 0.29) is 0 Å². The fourth-order valence-electron chi connectivity index (χ4n) is 3.45. The second kappa shape index (κ2) is 9.97. The van der Waals surface area contributed by atoms with E-state index in [1.165, 1.54) is 22.0 Å². The highest BCUT2D eigenvalue weighted by molar-refractivity contribution is 5.86. The van der Waals surface area contributed by atoms with Crippen molar-refractivity contribution in [2.24, 2.45) is 4.99 Å². The third-order valence-electron chi connectivity index (χ3n) is 5.04. The van der Waals surface area contributed by atoms with Gasteiger partial charge in [0, 0.05) is 55.7 Å². The summed E-state index contributed by atoms with van der Waals surface area (Å²) in [5, 5.41) is 8.12. The van der Waals surface area contributed by atoms with Gasteiger partial charge < -0.3 is 20.2 Å². The SMILES string of the molecule is CCNC(=NCCCCn1ccnc1C)NCCc1c[nH]c2c(C)cccc12. The molecule has 6 heteroatoms. The van der Waals surface area contributed by atoms with Crippen LogP contribution in [-0.2, 0) is 13.0 Å². The van der Waals surface area contributed by atoms with Gasteiger partial charge in [0.2, 0.25) is 0 Å². The van der Waals surface area contributed by atoms with Crippen molar-refractivity contribution in [3.63, 3.8) is 0 Å². The highest BCUT2D eigenvalue weighted by Gasteiger charge is 2.05. The number of aliphatic imine (C=N–C) groups is 1. The second-order valence-corrected chi connectivity index (χ2v) is 7.12. The highest BCUT2D eigenvalue weighted by atomic mass is 15.2. The number of nitrogens with zero attached hydrogens (tertiary/aromatic N) is 3. The first-order valence-electron chi connectivity index (χ1n) is 10.2. The number of aryl methyl sites for hydroxylation is 3. The van der Waals surface area contributed by atoms with Gasteiger partial charge in [-0.15, -0.1) is 0 Å². The topological polar surface area (TPSA) is 70.0 Å². The number of H-pyrrole nitrogens is 1. The second-order valence-electron chi connectivity index (χ2n) is 7.12. The van der Waals surface area contributed by atoms with Crippen LogP contribution in [0.15, 0.2) is 41.8 Å². The quantitative estimate of drug-likeness (QED) is 0.302. The zero-order valence-electron chi connectivity index (χ0n) is 17.3. The van der Waals surface area contributed by atoms with Gasteiger partial charge in [-0.3, -0.25) is 4.99 Å². The lowest BCUT2D eigenvalue weighted by atomic mass is 10.1. The zero-order chi connectivity index (χ0) is 19.8. The highest BCUT2D eigenvalue weighted by Crippen LogP contribution is 2.21. The Morgan fingerprint density at radius 2 is 2.11 bits per heavy atom. The van der Waals surface area contributed by atoms with Crippen molar-refractivity contribution in [1.82, 2.24) is 25.2 Å². The largest absolute Gasteiger partial charge is 0.361 e. The lowest BCUT2D eigenvalue weighted by Gasteiger charge is -2.11. The Bertz CT molecular complexity index is 905. The fourth-order valence-corrected chi connectivity index (χ4v) is 3.45. The van der Waals surface area contributed by atoms with Crippen LogP contribution in [0.5, 0.6) is 0 Å². The number of hydrogen-bond acceptors (Lipinski definition) is 2. The van der Waals surface area contributed by atoms with Gasteiger partial charge in [0.15, 0.2) is 5.96 Å². The van der Waals surface area contributed by atoms with Crippen molar-refractivity contribution in [2.45, 2.75) is 46.6 Å². The number of aromatic amines is 1. The van der Waals surface area contributed by atoms with E-state index in [4.69, 9.17) is 4.99 Å². The molecule has 0 bridgehead atoms. The summed E-state index contributed by atoms with van der Waals surface area (Å²) in [7, 11) is 0. The molecule has 0 spiro atoms. The molecule has 0 fully saturated rings. The Kier molecular flexibility index (Phi) is 7.12. The molecule has 150 valence electrons. The summed E-state index contributed by atoms with van der Waals surface area (Å²) in [4.78, 5) is 12.4. The molecule has 0 atom stereocenters. The van der Waals surface area contributed by atoms with Gasteiger partial charge in [-0.05, 0) is 51.2 Å². The predicted octanol–water partition coefficient (Wildman–Crippen LogP) is 3.56. The predicted molar refractivity (Wildman–Crippen MR) is 117 cm³/mol. The number of fused-ring (bicyclic) bond motifs is 1. The number of aromatic nitrogens is 3. The molecule has 0 aliphatic carbocycles. The molecule has 0 saturated heterocycles. The van der Waals surface area contributed by atoms with E-state index < -0.39 is 0 Å². The van der Waals surface area contributed by atoms with E-state index in [9.17, 15) is 0 Å². The molecule has 0 radical (unpaired) electrons. The molecule has 6 nitrogen and oxygen atoms in total. The number of hydrogen-bond donors (Lipinski definition) is 3. The van der Waals surface area contributed by atoms with E-state index in [2.05, 4.69) is 63.4 Å². The number of imidazole rings is 1. The molecule has 2 heterocycles. The molecule has 0 aliphatic heterocycles. The van der Waals surface area contributed by atoms with Crippen LogP contribution in [0.1, 0.15) is 36.7 Å².